The molecule has 0 aliphatic heterocycles. The quantitative estimate of drug-likeness (QED) is 0.558. The van der Waals surface area contributed by atoms with Gasteiger partial charge < -0.3 is 15.7 Å². The SMILES string of the molecule is Cc1ccc([N+](=O)[O-])cc1NC(=O)NCCC(C)O. The van der Waals surface area contributed by atoms with Gasteiger partial charge >= 0.3 is 6.03 Å². The van der Waals surface area contributed by atoms with E-state index in [1.807, 2.05) is 0 Å². The van der Waals surface area contributed by atoms with E-state index in [0.717, 1.165) is 5.56 Å². The minimum Gasteiger partial charge on any atom is -0.393 e. The molecule has 0 aliphatic rings. The molecule has 0 saturated heterocycles. The lowest BCUT2D eigenvalue weighted by Gasteiger charge is -2.10. The van der Waals surface area contributed by atoms with Crippen LogP contribution in [0.25, 0.3) is 0 Å². The Morgan fingerprint density at radius 3 is 2.79 bits per heavy atom. The lowest BCUT2D eigenvalue weighted by atomic mass is 10.2. The van der Waals surface area contributed by atoms with E-state index in [9.17, 15) is 14.9 Å². The van der Waals surface area contributed by atoms with Gasteiger partial charge in [-0.25, -0.2) is 4.79 Å². The first-order chi connectivity index (χ1) is 8.90. The molecule has 3 N–H and O–H groups in total. The lowest BCUT2D eigenvalue weighted by Crippen LogP contribution is -2.31. The van der Waals surface area contributed by atoms with Gasteiger partial charge in [-0.2, -0.15) is 0 Å². The van der Waals surface area contributed by atoms with Gasteiger partial charge in [-0.15, -0.1) is 0 Å². The van der Waals surface area contributed by atoms with Gasteiger partial charge in [0.25, 0.3) is 5.69 Å². The number of anilines is 1. The zero-order valence-corrected chi connectivity index (χ0v) is 10.8. The molecule has 0 spiro atoms. The molecule has 7 nitrogen and oxygen atoms in total. The molecule has 2 amide bonds. The number of hydrogen-bond donors (Lipinski definition) is 3. The normalized spacial score (nSPS) is 11.7. The second kappa shape index (κ2) is 6.69. The Morgan fingerprint density at radius 1 is 1.53 bits per heavy atom. The first-order valence-electron chi connectivity index (χ1n) is 5.88. The van der Waals surface area contributed by atoms with Gasteiger partial charge in [-0.05, 0) is 25.8 Å². The number of aryl methyl sites for hydroxylation is 1. The summed E-state index contributed by atoms with van der Waals surface area (Å²) in [5, 5.41) is 24.8. The van der Waals surface area contributed by atoms with Gasteiger partial charge in [-0.1, -0.05) is 6.07 Å². The predicted octanol–water partition coefficient (Wildman–Crippen LogP) is 1.80. The van der Waals surface area contributed by atoms with Crippen molar-refractivity contribution in [2.75, 3.05) is 11.9 Å². The van der Waals surface area contributed by atoms with Crippen molar-refractivity contribution in [2.24, 2.45) is 0 Å². The highest BCUT2D eigenvalue weighted by Crippen LogP contribution is 2.21. The third-order valence-electron chi connectivity index (χ3n) is 2.53. The molecule has 7 heteroatoms. The number of nitro benzene ring substituents is 1. The van der Waals surface area contributed by atoms with Gasteiger partial charge in [0.2, 0.25) is 0 Å². The Balaban J connectivity index is 2.63. The van der Waals surface area contributed by atoms with Crippen LogP contribution in [0.15, 0.2) is 18.2 Å². The third kappa shape index (κ3) is 4.92. The molecule has 0 saturated carbocycles. The molecule has 1 rings (SSSR count). The Kier molecular flexibility index (Phi) is 5.25. The topological polar surface area (TPSA) is 105 Å². The maximum absolute atomic E-state index is 11.6. The van der Waals surface area contributed by atoms with Crippen LogP contribution in [0.5, 0.6) is 0 Å². The van der Waals surface area contributed by atoms with Gasteiger partial charge in [0.1, 0.15) is 0 Å². The minimum absolute atomic E-state index is 0.0788. The van der Waals surface area contributed by atoms with Crippen molar-refractivity contribution in [3.63, 3.8) is 0 Å². The van der Waals surface area contributed by atoms with Crippen LogP contribution in [0.3, 0.4) is 0 Å². The van der Waals surface area contributed by atoms with E-state index < -0.39 is 17.1 Å². The number of aliphatic hydroxyl groups excluding tert-OH is 1. The standard InChI is InChI=1S/C12H17N3O4/c1-8-3-4-10(15(18)19)7-11(8)14-12(17)13-6-5-9(2)16/h3-4,7,9,16H,5-6H2,1-2H3,(H2,13,14,17). The molecule has 19 heavy (non-hydrogen) atoms. The zero-order chi connectivity index (χ0) is 14.4. The first-order valence-corrected chi connectivity index (χ1v) is 5.88. The minimum atomic E-state index is -0.518. The predicted molar refractivity (Wildman–Crippen MR) is 71.2 cm³/mol. The summed E-state index contributed by atoms with van der Waals surface area (Å²) in [6, 6.07) is 3.81. The van der Waals surface area contributed by atoms with E-state index >= 15 is 0 Å². The molecule has 0 bridgehead atoms. The average molecular weight is 267 g/mol. The fourth-order valence-corrected chi connectivity index (χ4v) is 1.42. The first kappa shape index (κ1) is 14.9. The van der Waals surface area contributed by atoms with Crippen LogP contribution in [0.1, 0.15) is 18.9 Å². The van der Waals surface area contributed by atoms with E-state index in [1.165, 1.54) is 12.1 Å². The van der Waals surface area contributed by atoms with Gasteiger partial charge in [0.15, 0.2) is 0 Å². The number of rotatable bonds is 5. The molecule has 1 aromatic carbocycles. The number of nitrogens with zero attached hydrogens (tertiary/aromatic N) is 1. The maximum atomic E-state index is 11.6. The van der Waals surface area contributed by atoms with Crippen molar-refractivity contribution >= 4 is 17.4 Å². The van der Waals surface area contributed by atoms with Crippen molar-refractivity contribution in [3.05, 3.63) is 33.9 Å². The van der Waals surface area contributed by atoms with Crippen LogP contribution in [0.2, 0.25) is 0 Å². The van der Waals surface area contributed by atoms with Crippen molar-refractivity contribution < 1.29 is 14.8 Å². The molecular formula is C12H17N3O4. The highest BCUT2D eigenvalue weighted by molar-refractivity contribution is 5.90. The summed E-state index contributed by atoms with van der Waals surface area (Å²) in [5.74, 6) is 0. The summed E-state index contributed by atoms with van der Waals surface area (Å²) in [7, 11) is 0. The van der Waals surface area contributed by atoms with E-state index in [2.05, 4.69) is 10.6 Å². The number of nitrogens with one attached hydrogen (secondary N) is 2. The van der Waals surface area contributed by atoms with Crippen molar-refractivity contribution in [3.8, 4) is 0 Å². The van der Waals surface area contributed by atoms with Crippen molar-refractivity contribution in [1.29, 1.82) is 0 Å². The van der Waals surface area contributed by atoms with Crippen LogP contribution in [-0.4, -0.2) is 28.7 Å². The van der Waals surface area contributed by atoms with Crippen LogP contribution in [0.4, 0.5) is 16.2 Å². The van der Waals surface area contributed by atoms with Gasteiger partial charge in [0.05, 0.1) is 16.7 Å². The molecule has 0 heterocycles. The second-order valence-corrected chi connectivity index (χ2v) is 4.27. The summed E-state index contributed by atoms with van der Waals surface area (Å²) in [6.45, 7) is 3.71. The number of nitro groups is 1. The number of amides is 2. The molecule has 1 atom stereocenters. The highest BCUT2D eigenvalue weighted by atomic mass is 16.6. The van der Waals surface area contributed by atoms with Crippen molar-refractivity contribution in [2.45, 2.75) is 26.4 Å². The molecule has 1 aromatic rings. The monoisotopic (exact) mass is 267 g/mol. The van der Waals surface area contributed by atoms with Crippen LogP contribution >= 0.6 is 0 Å². The Bertz CT molecular complexity index is 474. The van der Waals surface area contributed by atoms with E-state index in [4.69, 9.17) is 5.11 Å². The Morgan fingerprint density at radius 2 is 2.21 bits per heavy atom. The van der Waals surface area contributed by atoms with Crippen LogP contribution in [0, 0.1) is 17.0 Å². The van der Waals surface area contributed by atoms with E-state index in [1.54, 1.807) is 19.9 Å². The summed E-state index contributed by atoms with van der Waals surface area (Å²) in [4.78, 5) is 21.7. The number of non-ortho nitro benzene ring substituents is 1. The Hall–Kier alpha value is -2.15. The number of aliphatic hydroxyl groups is 1. The number of hydrogen-bond acceptors (Lipinski definition) is 4. The maximum Gasteiger partial charge on any atom is 0.319 e. The number of urea groups is 1. The van der Waals surface area contributed by atoms with Gasteiger partial charge in [-0.3, -0.25) is 10.1 Å². The molecular weight excluding hydrogens is 250 g/mol. The fraction of sp³-hybridized carbons (Fsp3) is 0.417. The summed E-state index contributed by atoms with van der Waals surface area (Å²) in [5.41, 5.74) is 1.05. The largest absolute Gasteiger partial charge is 0.393 e. The van der Waals surface area contributed by atoms with E-state index in [-0.39, 0.29) is 5.69 Å². The molecule has 0 fully saturated rings. The lowest BCUT2D eigenvalue weighted by molar-refractivity contribution is -0.384. The molecule has 0 radical (unpaired) electrons. The smallest absolute Gasteiger partial charge is 0.319 e. The van der Waals surface area contributed by atoms with Gasteiger partial charge in [0, 0.05) is 18.7 Å². The molecule has 0 aliphatic carbocycles. The van der Waals surface area contributed by atoms with Crippen LogP contribution < -0.4 is 10.6 Å². The summed E-state index contributed by atoms with van der Waals surface area (Å²) in [6.07, 6.45) is -0.0405. The summed E-state index contributed by atoms with van der Waals surface area (Å²) < 4.78 is 0. The fourth-order valence-electron chi connectivity index (χ4n) is 1.42. The average Bonchev–Trinajstić information content (AvgIpc) is 2.31. The number of carbonyl (C=O) groups is 1. The van der Waals surface area contributed by atoms with E-state index in [0.29, 0.717) is 18.7 Å². The summed E-state index contributed by atoms with van der Waals surface area (Å²) >= 11 is 0. The Labute approximate surface area is 110 Å². The second-order valence-electron chi connectivity index (χ2n) is 4.27. The molecule has 104 valence electrons. The zero-order valence-electron chi connectivity index (χ0n) is 10.8. The number of benzene rings is 1. The highest BCUT2D eigenvalue weighted by Gasteiger charge is 2.10. The number of carbonyl (C=O) groups excluding carboxylic acids is 1. The van der Waals surface area contributed by atoms with Crippen molar-refractivity contribution in [1.82, 2.24) is 5.32 Å². The molecule has 0 aromatic heterocycles. The molecule has 1 unspecified atom stereocenters. The third-order valence-corrected chi connectivity index (χ3v) is 2.53. The van der Waals surface area contributed by atoms with Crippen LogP contribution in [-0.2, 0) is 0 Å².